The quantitative estimate of drug-likeness (QED) is 0.339. The van der Waals surface area contributed by atoms with Crippen molar-refractivity contribution >= 4 is 5.97 Å². The first-order chi connectivity index (χ1) is 11.0. The van der Waals surface area contributed by atoms with E-state index in [-0.39, 0.29) is 6.42 Å². The van der Waals surface area contributed by atoms with Crippen LogP contribution in [0.2, 0.25) is 0 Å². The Morgan fingerprint density at radius 1 is 1.00 bits per heavy atom. The molecule has 0 radical (unpaired) electrons. The fourth-order valence-electron chi connectivity index (χ4n) is 2.64. The van der Waals surface area contributed by atoms with E-state index in [0.29, 0.717) is 6.42 Å². The maximum Gasteiger partial charge on any atom is 0.306 e. The molecule has 7 heteroatoms. The maximum absolute atomic E-state index is 11.8. The van der Waals surface area contributed by atoms with Crippen molar-refractivity contribution < 1.29 is 34.7 Å². The molecule has 4 N–H and O–H groups in total. The first-order valence-electron chi connectivity index (χ1n) is 8.51. The number of aliphatic hydroxyl groups excluding tert-OH is 4. The molecule has 23 heavy (non-hydrogen) atoms. The zero-order valence-corrected chi connectivity index (χ0v) is 13.8. The monoisotopic (exact) mass is 334 g/mol. The number of hydrogen-bond acceptors (Lipinski definition) is 7. The number of rotatable bonds is 10. The van der Waals surface area contributed by atoms with E-state index in [0.717, 1.165) is 19.3 Å². The molecule has 1 fully saturated rings. The smallest absolute Gasteiger partial charge is 0.306 e. The third-order valence-electron chi connectivity index (χ3n) is 4.09. The van der Waals surface area contributed by atoms with E-state index < -0.39 is 43.3 Å². The number of ether oxygens (including phenoxy) is 2. The lowest BCUT2D eigenvalue weighted by atomic mass is 9.99. The highest BCUT2D eigenvalue weighted by atomic mass is 16.7. The van der Waals surface area contributed by atoms with Crippen LogP contribution in [0.3, 0.4) is 0 Å². The minimum atomic E-state index is -1.57. The second-order valence-electron chi connectivity index (χ2n) is 6.05. The summed E-state index contributed by atoms with van der Waals surface area (Å²) in [5.74, 6) is -0.542. The summed E-state index contributed by atoms with van der Waals surface area (Å²) in [6.07, 6.45) is 0.770. The molecular weight excluding hydrogens is 304 g/mol. The molecule has 0 aliphatic carbocycles. The Morgan fingerprint density at radius 3 is 2.22 bits per heavy atom. The third kappa shape index (κ3) is 6.73. The first-order valence-corrected chi connectivity index (χ1v) is 8.51. The summed E-state index contributed by atoms with van der Waals surface area (Å²) in [6.45, 7) is 1.61. The Morgan fingerprint density at radius 2 is 1.61 bits per heavy atom. The summed E-state index contributed by atoms with van der Waals surface area (Å²) in [5.41, 5.74) is 0. The minimum Gasteiger partial charge on any atom is -0.454 e. The number of carbonyl (C=O) groups excluding carboxylic acids is 1. The van der Waals surface area contributed by atoms with Crippen LogP contribution in [0.15, 0.2) is 0 Å². The highest BCUT2D eigenvalue weighted by molar-refractivity contribution is 5.69. The molecular formula is C16H30O7. The van der Waals surface area contributed by atoms with E-state index in [1.54, 1.807) is 0 Å². The lowest BCUT2D eigenvalue weighted by Crippen LogP contribution is -2.59. The van der Waals surface area contributed by atoms with E-state index in [1.165, 1.54) is 19.3 Å². The summed E-state index contributed by atoms with van der Waals surface area (Å²) in [5, 5.41) is 38.3. The van der Waals surface area contributed by atoms with Gasteiger partial charge in [-0.2, -0.15) is 0 Å². The van der Waals surface area contributed by atoms with Crippen LogP contribution in [-0.2, 0) is 14.3 Å². The van der Waals surface area contributed by atoms with Crippen LogP contribution >= 0.6 is 0 Å². The Hall–Kier alpha value is -0.730. The van der Waals surface area contributed by atoms with Gasteiger partial charge in [0.25, 0.3) is 0 Å². The molecule has 1 saturated heterocycles. The lowest BCUT2D eigenvalue weighted by Gasteiger charge is -2.39. The van der Waals surface area contributed by atoms with Crippen molar-refractivity contribution in [1.29, 1.82) is 0 Å². The van der Waals surface area contributed by atoms with Crippen molar-refractivity contribution in [2.45, 2.75) is 89.0 Å². The standard InChI is InChI=1S/C16H30O7/c1-2-3-4-5-6-7-8-9-12(18)23-15-14(20)13(19)11(10-17)22-16(15)21/h11,13-17,19-21H,2-10H2,1H3/t11-,13-,14+,15-,16?/m1/s1. The molecule has 1 rings (SSSR count). The lowest BCUT2D eigenvalue weighted by molar-refractivity contribution is -0.290. The van der Waals surface area contributed by atoms with E-state index in [4.69, 9.17) is 14.6 Å². The second-order valence-corrected chi connectivity index (χ2v) is 6.05. The molecule has 7 nitrogen and oxygen atoms in total. The van der Waals surface area contributed by atoms with Crippen LogP contribution in [-0.4, -0.2) is 63.7 Å². The molecule has 136 valence electrons. The number of esters is 1. The van der Waals surface area contributed by atoms with E-state index >= 15 is 0 Å². The zero-order valence-electron chi connectivity index (χ0n) is 13.8. The van der Waals surface area contributed by atoms with Crippen LogP contribution < -0.4 is 0 Å². The van der Waals surface area contributed by atoms with E-state index in [2.05, 4.69) is 6.92 Å². The van der Waals surface area contributed by atoms with Crippen LogP contribution in [0.1, 0.15) is 58.3 Å². The molecule has 0 aromatic rings. The summed E-state index contributed by atoms with van der Waals surface area (Å²) in [4.78, 5) is 11.8. The molecule has 1 aliphatic rings. The van der Waals surface area contributed by atoms with Gasteiger partial charge < -0.3 is 29.9 Å². The fraction of sp³-hybridized carbons (Fsp3) is 0.938. The molecule has 0 saturated carbocycles. The molecule has 0 aromatic carbocycles. The van der Waals surface area contributed by atoms with Gasteiger partial charge in [-0.05, 0) is 6.42 Å². The maximum atomic E-state index is 11.8. The van der Waals surface area contributed by atoms with Gasteiger partial charge in [0, 0.05) is 6.42 Å². The van der Waals surface area contributed by atoms with Gasteiger partial charge in [-0.3, -0.25) is 4.79 Å². The van der Waals surface area contributed by atoms with Gasteiger partial charge in [0.2, 0.25) is 0 Å². The number of carbonyl (C=O) groups is 1. The Balaban J connectivity index is 2.25. The number of aliphatic hydroxyl groups is 4. The molecule has 0 aromatic heterocycles. The predicted molar refractivity (Wildman–Crippen MR) is 82.5 cm³/mol. The zero-order chi connectivity index (χ0) is 17.2. The van der Waals surface area contributed by atoms with E-state index in [9.17, 15) is 20.1 Å². The third-order valence-corrected chi connectivity index (χ3v) is 4.09. The van der Waals surface area contributed by atoms with Gasteiger partial charge in [0.1, 0.15) is 18.3 Å². The molecule has 5 atom stereocenters. The first kappa shape index (κ1) is 20.3. The fourth-order valence-corrected chi connectivity index (χ4v) is 2.64. The molecule has 1 aliphatic heterocycles. The molecule has 0 amide bonds. The van der Waals surface area contributed by atoms with Crippen molar-refractivity contribution in [3.63, 3.8) is 0 Å². The average molecular weight is 334 g/mol. The number of unbranched alkanes of at least 4 members (excludes halogenated alkanes) is 6. The highest BCUT2D eigenvalue weighted by Gasteiger charge is 2.45. The van der Waals surface area contributed by atoms with Crippen molar-refractivity contribution in [2.75, 3.05) is 6.61 Å². The molecule has 0 spiro atoms. The van der Waals surface area contributed by atoms with Gasteiger partial charge in [-0.15, -0.1) is 0 Å². The Kier molecular flexibility index (Phi) is 9.66. The van der Waals surface area contributed by atoms with Crippen molar-refractivity contribution in [1.82, 2.24) is 0 Å². The normalized spacial score (nSPS) is 31.1. The number of hydrogen-bond donors (Lipinski definition) is 4. The summed E-state index contributed by atoms with van der Waals surface area (Å²) in [6, 6.07) is 0. The van der Waals surface area contributed by atoms with Gasteiger partial charge in [0.05, 0.1) is 6.61 Å². The highest BCUT2D eigenvalue weighted by Crippen LogP contribution is 2.22. The average Bonchev–Trinajstić information content (AvgIpc) is 2.54. The van der Waals surface area contributed by atoms with Crippen molar-refractivity contribution in [2.24, 2.45) is 0 Å². The summed E-state index contributed by atoms with van der Waals surface area (Å²) in [7, 11) is 0. The molecule has 0 bridgehead atoms. The molecule has 1 unspecified atom stereocenters. The predicted octanol–water partition coefficient (Wildman–Crippen LogP) is 0.470. The summed E-state index contributed by atoms with van der Waals surface area (Å²) < 4.78 is 9.95. The van der Waals surface area contributed by atoms with Crippen molar-refractivity contribution in [3.8, 4) is 0 Å². The second kappa shape index (κ2) is 10.9. The Labute approximate surface area is 137 Å². The Bertz CT molecular complexity index is 336. The van der Waals surface area contributed by atoms with Crippen LogP contribution in [0, 0.1) is 0 Å². The van der Waals surface area contributed by atoms with Gasteiger partial charge in [-0.1, -0.05) is 45.4 Å². The van der Waals surface area contributed by atoms with Crippen LogP contribution in [0.5, 0.6) is 0 Å². The van der Waals surface area contributed by atoms with Gasteiger partial charge in [0.15, 0.2) is 12.4 Å². The van der Waals surface area contributed by atoms with Crippen LogP contribution in [0.25, 0.3) is 0 Å². The topological polar surface area (TPSA) is 116 Å². The van der Waals surface area contributed by atoms with Gasteiger partial charge in [-0.25, -0.2) is 0 Å². The molecule has 1 heterocycles. The van der Waals surface area contributed by atoms with E-state index in [1.807, 2.05) is 0 Å². The summed E-state index contributed by atoms with van der Waals surface area (Å²) >= 11 is 0. The van der Waals surface area contributed by atoms with Crippen molar-refractivity contribution in [3.05, 3.63) is 0 Å². The minimum absolute atomic E-state index is 0.198. The SMILES string of the molecule is CCCCCCCCCC(=O)O[C@H]1C(O)O[C@H](CO)[C@@H](O)[C@@H]1O. The van der Waals surface area contributed by atoms with Crippen LogP contribution in [0.4, 0.5) is 0 Å². The largest absolute Gasteiger partial charge is 0.454 e. The van der Waals surface area contributed by atoms with Gasteiger partial charge >= 0.3 is 5.97 Å².